The molecule has 0 aromatic carbocycles. The standard InChI is InChI=1S/C30H50O4/c1-25(2)20-10-15-28(6)21(27(20,5)13-11-22(25)32)17-19(31)24-18(9-14-29(24,28)7)30(8)16-12-23(34-30)26(3,4)33/h18,20-24,32-33H,9-17H2,1-8H3/t18-,20-,21-,22-,23-,24-,27-,28+,29+,30+/m0/s1. The lowest BCUT2D eigenvalue weighted by Crippen LogP contribution is -2.66. The van der Waals surface area contributed by atoms with Crippen molar-refractivity contribution in [1.29, 1.82) is 0 Å². The minimum absolute atomic E-state index is 0.00889. The van der Waals surface area contributed by atoms with E-state index in [4.69, 9.17) is 4.74 Å². The van der Waals surface area contributed by atoms with Crippen LogP contribution in [0.25, 0.3) is 0 Å². The van der Waals surface area contributed by atoms with Gasteiger partial charge < -0.3 is 14.9 Å². The molecule has 10 atom stereocenters. The molecule has 2 N–H and O–H groups in total. The van der Waals surface area contributed by atoms with E-state index in [1.807, 2.05) is 13.8 Å². The molecule has 5 aliphatic rings. The van der Waals surface area contributed by atoms with Crippen LogP contribution in [0, 0.1) is 45.3 Å². The van der Waals surface area contributed by atoms with Crippen LogP contribution in [0.3, 0.4) is 0 Å². The molecule has 5 rings (SSSR count). The zero-order chi connectivity index (χ0) is 25.1. The molecule has 0 bridgehead atoms. The second-order valence-electron chi connectivity index (χ2n) is 15.3. The number of Topliss-reactive ketones (excluding diaryl/α,β-unsaturated/α-hetero) is 1. The molecule has 4 aliphatic carbocycles. The summed E-state index contributed by atoms with van der Waals surface area (Å²) in [5, 5.41) is 21.5. The third-order valence-electron chi connectivity index (χ3n) is 13.0. The van der Waals surface area contributed by atoms with Gasteiger partial charge in [0, 0.05) is 12.3 Å². The molecule has 34 heavy (non-hydrogen) atoms. The van der Waals surface area contributed by atoms with Crippen LogP contribution in [0.1, 0.15) is 113 Å². The Balaban J connectivity index is 1.49. The monoisotopic (exact) mass is 474 g/mol. The maximum Gasteiger partial charge on any atom is 0.137 e. The van der Waals surface area contributed by atoms with Gasteiger partial charge in [-0.1, -0.05) is 34.6 Å². The quantitative estimate of drug-likeness (QED) is 0.521. The van der Waals surface area contributed by atoms with Crippen molar-refractivity contribution >= 4 is 5.78 Å². The summed E-state index contributed by atoms with van der Waals surface area (Å²) in [6, 6.07) is 0. The fraction of sp³-hybridized carbons (Fsp3) is 0.967. The number of hydrogen-bond acceptors (Lipinski definition) is 4. The molecule has 4 heteroatoms. The Morgan fingerprint density at radius 1 is 0.853 bits per heavy atom. The third-order valence-corrected chi connectivity index (χ3v) is 13.0. The first-order valence-corrected chi connectivity index (χ1v) is 14.1. The fourth-order valence-corrected chi connectivity index (χ4v) is 10.7. The molecular weight excluding hydrogens is 424 g/mol. The van der Waals surface area contributed by atoms with Crippen molar-refractivity contribution < 1.29 is 19.7 Å². The summed E-state index contributed by atoms with van der Waals surface area (Å²) < 4.78 is 6.62. The topological polar surface area (TPSA) is 66.8 Å². The van der Waals surface area contributed by atoms with Gasteiger partial charge >= 0.3 is 0 Å². The molecule has 0 spiro atoms. The van der Waals surface area contributed by atoms with Gasteiger partial charge in [-0.3, -0.25) is 4.79 Å². The van der Waals surface area contributed by atoms with Gasteiger partial charge in [0.1, 0.15) is 5.78 Å². The van der Waals surface area contributed by atoms with Crippen LogP contribution in [-0.4, -0.2) is 39.4 Å². The van der Waals surface area contributed by atoms with Crippen molar-refractivity contribution in [2.45, 2.75) is 137 Å². The van der Waals surface area contributed by atoms with Crippen molar-refractivity contribution in [1.82, 2.24) is 0 Å². The first kappa shape index (κ1) is 25.2. The zero-order valence-electron chi connectivity index (χ0n) is 23.0. The zero-order valence-corrected chi connectivity index (χ0v) is 23.0. The van der Waals surface area contributed by atoms with Crippen LogP contribution in [-0.2, 0) is 9.53 Å². The highest BCUT2D eigenvalue weighted by atomic mass is 16.5. The minimum atomic E-state index is -0.849. The molecule has 0 amide bonds. The number of hydrogen-bond donors (Lipinski definition) is 2. The van der Waals surface area contributed by atoms with Crippen LogP contribution >= 0.6 is 0 Å². The van der Waals surface area contributed by atoms with E-state index in [1.165, 1.54) is 0 Å². The molecule has 194 valence electrons. The summed E-state index contributed by atoms with van der Waals surface area (Å²) in [5.41, 5.74) is -1.04. The average Bonchev–Trinajstić information content (AvgIpc) is 3.30. The van der Waals surface area contributed by atoms with Crippen molar-refractivity contribution in [3.05, 3.63) is 0 Å². The Morgan fingerprint density at radius 2 is 1.50 bits per heavy atom. The lowest BCUT2D eigenvalue weighted by atomic mass is 9.35. The van der Waals surface area contributed by atoms with Gasteiger partial charge in [-0.15, -0.1) is 0 Å². The number of fused-ring (bicyclic) bond motifs is 5. The summed E-state index contributed by atoms with van der Waals surface area (Å²) >= 11 is 0. The van der Waals surface area contributed by atoms with Crippen LogP contribution < -0.4 is 0 Å². The summed E-state index contributed by atoms with van der Waals surface area (Å²) in [7, 11) is 0. The first-order chi connectivity index (χ1) is 15.5. The summed E-state index contributed by atoms with van der Waals surface area (Å²) in [6.45, 7) is 17.9. The molecule has 5 fully saturated rings. The van der Waals surface area contributed by atoms with Crippen molar-refractivity contribution in [3.8, 4) is 0 Å². The predicted molar refractivity (Wildman–Crippen MR) is 134 cm³/mol. The van der Waals surface area contributed by atoms with Crippen LogP contribution in [0.2, 0.25) is 0 Å². The number of aliphatic hydroxyl groups excluding tert-OH is 1. The smallest absolute Gasteiger partial charge is 0.137 e. The highest BCUT2D eigenvalue weighted by Crippen LogP contribution is 2.75. The van der Waals surface area contributed by atoms with Crippen LogP contribution in [0.4, 0.5) is 0 Å². The van der Waals surface area contributed by atoms with Gasteiger partial charge in [-0.2, -0.15) is 0 Å². The van der Waals surface area contributed by atoms with E-state index in [0.29, 0.717) is 24.0 Å². The normalized spacial score (nSPS) is 54.9. The molecule has 1 heterocycles. The number of carbonyl (C=O) groups is 1. The van der Waals surface area contributed by atoms with E-state index >= 15 is 0 Å². The van der Waals surface area contributed by atoms with E-state index in [-0.39, 0.29) is 51.3 Å². The maximum absolute atomic E-state index is 14.2. The number of ether oxygens (including phenoxy) is 1. The van der Waals surface area contributed by atoms with Gasteiger partial charge in [0.2, 0.25) is 0 Å². The van der Waals surface area contributed by atoms with Crippen LogP contribution in [0.5, 0.6) is 0 Å². The molecule has 1 saturated heterocycles. The lowest BCUT2D eigenvalue weighted by Gasteiger charge is -2.69. The molecule has 0 aromatic rings. The van der Waals surface area contributed by atoms with Crippen molar-refractivity contribution in [2.24, 2.45) is 45.3 Å². The molecule has 0 unspecified atom stereocenters. The Hall–Kier alpha value is -0.450. The number of carbonyl (C=O) groups excluding carboxylic acids is 1. The van der Waals surface area contributed by atoms with Gasteiger partial charge in [-0.25, -0.2) is 0 Å². The van der Waals surface area contributed by atoms with Gasteiger partial charge in [-0.05, 0) is 112 Å². The second kappa shape index (κ2) is 7.32. The van der Waals surface area contributed by atoms with Crippen molar-refractivity contribution in [2.75, 3.05) is 0 Å². The number of ketones is 1. The molecule has 1 aliphatic heterocycles. The molecule has 4 nitrogen and oxygen atoms in total. The molecule has 0 aromatic heterocycles. The molecular formula is C30H50O4. The largest absolute Gasteiger partial charge is 0.393 e. The Morgan fingerprint density at radius 3 is 2.12 bits per heavy atom. The van der Waals surface area contributed by atoms with E-state index < -0.39 is 5.60 Å². The Kier molecular flexibility index (Phi) is 5.42. The van der Waals surface area contributed by atoms with Gasteiger partial charge in [0.15, 0.2) is 0 Å². The minimum Gasteiger partial charge on any atom is -0.393 e. The highest BCUT2D eigenvalue weighted by molar-refractivity contribution is 5.84. The van der Waals surface area contributed by atoms with E-state index in [1.54, 1.807) is 0 Å². The van der Waals surface area contributed by atoms with E-state index in [2.05, 4.69) is 41.5 Å². The van der Waals surface area contributed by atoms with Gasteiger partial charge in [0.25, 0.3) is 0 Å². The molecule has 0 radical (unpaired) electrons. The highest BCUT2D eigenvalue weighted by Gasteiger charge is 2.72. The van der Waals surface area contributed by atoms with Crippen molar-refractivity contribution in [3.63, 3.8) is 0 Å². The van der Waals surface area contributed by atoms with E-state index in [0.717, 1.165) is 51.4 Å². The lowest BCUT2D eigenvalue weighted by molar-refractivity contribution is -0.222. The predicted octanol–water partition coefficient (Wildman–Crippen LogP) is 5.92. The summed E-state index contributed by atoms with van der Waals surface area (Å²) in [5.74, 6) is 1.62. The second-order valence-corrected chi connectivity index (χ2v) is 15.3. The third kappa shape index (κ3) is 3.09. The average molecular weight is 475 g/mol. The van der Waals surface area contributed by atoms with E-state index in [9.17, 15) is 15.0 Å². The summed E-state index contributed by atoms with van der Waals surface area (Å²) in [4.78, 5) is 14.2. The fourth-order valence-electron chi connectivity index (χ4n) is 10.7. The Labute approximate surface area is 207 Å². The number of rotatable bonds is 2. The van der Waals surface area contributed by atoms with Crippen LogP contribution in [0.15, 0.2) is 0 Å². The molecule has 4 saturated carbocycles. The first-order valence-electron chi connectivity index (χ1n) is 14.1. The Bertz CT molecular complexity index is 858. The SMILES string of the molecule is CC(C)(O)[C@@H]1CC[C@](C)([C@H]2CC[C@]3(C)[C@@H]2C(=O)C[C@H]2[C@@]4(C)CC[C@H](O)C(C)(C)[C@@H]4CC[C@]23C)O1. The van der Waals surface area contributed by atoms with Gasteiger partial charge in [0.05, 0.1) is 23.4 Å². The summed E-state index contributed by atoms with van der Waals surface area (Å²) in [6.07, 6.45) is 8.44. The number of aliphatic hydroxyl groups is 2. The maximum atomic E-state index is 14.2.